The third-order valence-electron chi connectivity index (χ3n) is 3.01. The number of pyridine rings is 1. The van der Waals surface area contributed by atoms with E-state index in [1.165, 1.54) is 0 Å². The standard InChI is InChI=1S/C14H17N3O2/c1-14(2)9-18-8-12(19-14)11-7-17-5-4-10(15-3)6-13(17)16-11/h4-8,15H,9H2,1-3H3. The summed E-state index contributed by atoms with van der Waals surface area (Å²) in [5, 5.41) is 3.10. The Balaban J connectivity index is 1.99. The molecule has 2 aromatic rings. The highest BCUT2D eigenvalue weighted by Crippen LogP contribution is 2.27. The minimum absolute atomic E-state index is 0.323. The molecule has 1 aliphatic rings. The number of rotatable bonds is 2. The molecule has 0 radical (unpaired) electrons. The Morgan fingerprint density at radius 3 is 3.00 bits per heavy atom. The lowest BCUT2D eigenvalue weighted by Gasteiger charge is -2.30. The van der Waals surface area contributed by atoms with E-state index in [0.717, 1.165) is 17.0 Å². The number of fused-ring (bicyclic) bond motifs is 1. The monoisotopic (exact) mass is 259 g/mol. The molecule has 0 unspecified atom stereocenters. The molecule has 0 atom stereocenters. The van der Waals surface area contributed by atoms with Gasteiger partial charge in [0.05, 0.1) is 0 Å². The second-order valence-corrected chi connectivity index (χ2v) is 5.21. The highest BCUT2D eigenvalue weighted by atomic mass is 16.6. The summed E-state index contributed by atoms with van der Waals surface area (Å²) in [5.74, 6) is 0.672. The first-order valence-electron chi connectivity index (χ1n) is 6.25. The van der Waals surface area contributed by atoms with Crippen LogP contribution in [0.4, 0.5) is 5.69 Å². The maximum Gasteiger partial charge on any atom is 0.181 e. The molecule has 19 heavy (non-hydrogen) atoms. The second kappa shape index (κ2) is 4.19. The van der Waals surface area contributed by atoms with Gasteiger partial charge >= 0.3 is 0 Å². The van der Waals surface area contributed by atoms with Gasteiger partial charge in [-0.05, 0) is 19.9 Å². The molecule has 0 spiro atoms. The lowest BCUT2D eigenvalue weighted by molar-refractivity contribution is -0.0153. The molecule has 0 saturated carbocycles. The lowest BCUT2D eigenvalue weighted by atomic mass is 10.1. The fraction of sp³-hybridized carbons (Fsp3) is 0.357. The highest BCUT2D eigenvalue weighted by molar-refractivity contribution is 5.62. The largest absolute Gasteiger partial charge is 0.493 e. The van der Waals surface area contributed by atoms with Gasteiger partial charge in [0.1, 0.15) is 29.8 Å². The average Bonchev–Trinajstić information content (AvgIpc) is 2.80. The number of imidazole rings is 1. The van der Waals surface area contributed by atoms with E-state index in [1.807, 2.05) is 49.8 Å². The molecule has 0 saturated heterocycles. The smallest absolute Gasteiger partial charge is 0.181 e. The van der Waals surface area contributed by atoms with Crippen molar-refractivity contribution in [2.75, 3.05) is 19.0 Å². The Morgan fingerprint density at radius 1 is 1.42 bits per heavy atom. The van der Waals surface area contributed by atoms with Gasteiger partial charge in [0.15, 0.2) is 5.76 Å². The van der Waals surface area contributed by atoms with Crippen LogP contribution < -0.4 is 5.32 Å². The molecular weight excluding hydrogens is 242 g/mol. The molecule has 3 heterocycles. The van der Waals surface area contributed by atoms with Crippen LogP contribution >= 0.6 is 0 Å². The minimum atomic E-state index is -0.323. The summed E-state index contributed by atoms with van der Waals surface area (Å²) in [6.45, 7) is 4.54. The predicted molar refractivity (Wildman–Crippen MR) is 73.8 cm³/mol. The summed E-state index contributed by atoms with van der Waals surface area (Å²) in [6.07, 6.45) is 5.53. The van der Waals surface area contributed by atoms with Crippen LogP contribution in [-0.4, -0.2) is 28.6 Å². The van der Waals surface area contributed by atoms with Gasteiger partial charge in [-0.1, -0.05) is 0 Å². The summed E-state index contributed by atoms with van der Waals surface area (Å²) in [7, 11) is 1.89. The van der Waals surface area contributed by atoms with Crippen LogP contribution in [0.5, 0.6) is 0 Å². The molecule has 5 heteroatoms. The number of hydrogen-bond acceptors (Lipinski definition) is 4. The van der Waals surface area contributed by atoms with E-state index >= 15 is 0 Å². The van der Waals surface area contributed by atoms with Crippen molar-refractivity contribution >= 4 is 17.1 Å². The molecule has 0 aromatic carbocycles. The summed E-state index contributed by atoms with van der Waals surface area (Å²) in [5.41, 5.74) is 2.35. The van der Waals surface area contributed by atoms with E-state index in [-0.39, 0.29) is 5.60 Å². The van der Waals surface area contributed by atoms with Crippen LogP contribution in [0.2, 0.25) is 0 Å². The minimum Gasteiger partial charge on any atom is -0.493 e. The number of anilines is 1. The predicted octanol–water partition coefficient (Wildman–Crippen LogP) is 2.50. The van der Waals surface area contributed by atoms with E-state index < -0.39 is 0 Å². The molecule has 0 fully saturated rings. The quantitative estimate of drug-likeness (QED) is 0.900. The number of hydrogen-bond donors (Lipinski definition) is 1. The van der Waals surface area contributed by atoms with Crippen molar-refractivity contribution in [3.8, 4) is 0 Å². The van der Waals surface area contributed by atoms with Crippen LogP contribution in [0.25, 0.3) is 11.4 Å². The van der Waals surface area contributed by atoms with Gasteiger partial charge in [-0.3, -0.25) is 0 Å². The SMILES string of the molecule is CNc1ccn2cc(C3=COCC(C)(C)O3)nc2c1. The average molecular weight is 259 g/mol. The van der Waals surface area contributed by atoms with Crippen molar-refractivity contribution in [1.82, 2.24) is 9.38 Å². The van der Waals surface area contributed by atoms with Crippen LogP contribution in [0.15, 0.2) is 30.8 Å². The van der Waals surface area contributed by atoms with E-state index in [4.69, 9.17) is 9.47 Å². The zero-order valence-corrected chi connectivity index (χ0v) is 11.3. The summed E-state index contributed by atoms with van der Waals surface area (Å²) in [6, 6.07) is 3.98. The topological polar surface area (TPSA) is 47.8 Å². The van der Waals surface area contributed by atoms with Crippen molar-refractivity contribution in [2.24, 2.45) is 0 Å². The van der Waals surface area contributed by atoms with E-state index in [0.29, 0.717) is 12.4 Å². The van der Waals surface area contributed by atoms with Gasteiger partial charge in [-0.2, -0.15) is 0 Å². The molecule has 5 nitrogen and oxygen atoms in total. The molecule has 0 aliphatic carbocycles. The number of aromatic nitrogens is 2. The number of ether oxygens (including phenoxy) is 2. The molecule has 100 valence electrons. The first-order chi connectivity index (χ1) is 9.07. The Hall–Kier alpha value is -2.17. The van der Waals surface area contributed by atoms with Gasteiger partial charge in [-0.25, -0.2) is 4.98 Å². The molecule has 1 N–H and O–H groups in total. The summed E-state index contributed by atoms with van der Waals surface area (Å²) < 4.78 is 13.3. The molecular formula is C14H17N3O2. The van der Waals surface area contributed by atoms with Gasteiger partial charge in [0, 0.05) is 31.2 Å². The van der Waals surface area contributed by atoms with Gasteiger partial charge in [0.25, 0.3) is 0 Å². The molecule has 1 aliphatic heterocycles. The number of nitrogens with zero attached hydrogens (tertiary/aromatic N) is 2. The van der Waals surface area contributed by atoms with Gasteiger partial charge in [-0.15, -0.1) is 0 Å². The Morgan fingerprint density at radius 2 is 2.26 bits per heavy atom. The Labute approximate surface area is 111 Å². The van der Waals surface area contributed by atoms with Gasteiger partial charge < -0.3 is 19.2 Å². The zero-order chi connectivity index (χ0) is 13.5. The first-order valence-corrected chi connectivity index (χ1v) is 6.25. The Bertz CT molecular complexity index is 643. The zero-order valence-electron chi connectivity index (χ0n) is 11.3. The van der Waals surface area contributed by atoms with Crippen molar-refractivity contribution < 1.29 is 9.47 Å². The highest BCUT2D eigenvalue weighted by Gasteiger charge is 2.27. The third kappa shape index (κ3) is 2.23. The van der Waals surface area contributed by atoms with Crippen LogP contribution in [0, 0.1) is 0 Å². The fourth-order valence-electron chi connectivity index (χ4n) is 2.04. The Kier molecular flexibility index (Phi) is 2.62. The summed E-state index contributed by atoms with van der Waals surface area (Å²) in [4.78, 5) is 4.56. The van der Waals surface area contributed by atoms with Crippen LogP contribution in [0.3, 0.4) is 0 Å². The first kappa shape index (κ1) is 11.9. The number of nitrogens with one attached hydrogen (secondary N) is 1. The van der Waals surface area contributed by atoms with Crippen molar-refractivity contribution in [1.29, 1.82) is 0 Å². The second-order valence-electron chi connectivity index (χ2n) is 5.21. The van der Waals surface area contributed by atoms with Crippen molar-refractivity contribution in [3.63, 3.8) is 0 Å². The maximum absolute atomic E-state index is 5.89. The van der Waals surface area contributed by atoms with Crippen molar-refractivity contribution in [2.45, 2.75) is 19.4 Å². The van der Waals surface area contributed by atoms with Gasteiger partial charge in [0.2, 0.25) is 0 Å². The molecule has 0 amide bonds. The van der Waals surface area contributed by atoms with E-state index in [9.17, 15) is 0 Å². The molecule has 0 bridgehead atoms. The molecule has 3 rings (SSSR count). The van der Waals surface area contributed by atoms with Crippen LogP contribution in [0.1, 0.15) is 19.5 Å². The third-order valence-corrected chi connectivity index (χ3v) is 3.01. The normalized spacial score (nSPS) is 17.5. The van der Waals surface area contributed by atoms with Crippen molar-refractivity contribution in [3.05, 3.63) is 36.5 Å². The fourth-order valence-corrected chi connectivity index (χ4v) is 2.04. The maximum atomic E-state index is 5.89. The lowest BCUT2D eigenvalue weighted by Crippen LogP contribution is -2.32. The molecule has 2 aromatic heterocycles. The van der Waals surface area contributed by atoms with Crippen LogP contribution in [-0.2, 0) is 9.47 Å². The van der Waals surface area contributed by atoms with E-state index in [1.54, 1.807) is 6.26 Å². The van der Waals surface area contributed by atoms with E-state index in [2.05, 4.69) is 10.3 Å². The summed E-state index contributed by atoms with van der Waals surface area (Å²) >= 11 is 0.